The van der Waals surface area contributed by atoms with Gasteiger partial charge >= 0.3 is 6.03 Å². The van der Waals surface area contributed by atoms with Gasteiger partial charge in [-0.25, -0.2) is 4.79 Å². The smallest absolute Gasteiger partial charge is 0.317 e. The molecule has 138 valence electrons. The fourth-order valence-electron chi connectivity index (χ4n) is 3.99. The predicted molar refractivity (Wildman–Crippen MR) is 98.1 cm³/mol. The molecule has 2 heterocycles. The third-order valence-corrected chi connectivity index (χ3v) is 5.44. The highest BCUT2D eigenvalue weighted by molar-refractivity contribution is 5.74. The second kappa shape index (κ2) is 8.56. The summed E-state index contributed by atoms with van der Waals surface area (Å²) < 4.78 is 11.1. The van der Waals surface area contributed by atoms with Crippen molar-refractivity contribution in [2.24, 2.45) is 5.92 Å². The first-order valence-electron chi connectivity index (χ1n) is 9.46. The Balaban J connectivity index is 1.47. The maximum absolute atomic E-state index is 12.5. The Bertz CT molecular complexity index is 590. The summed E-state index contributed by atoms with van der Waals surface area (Å²) in [6.07, 6.45) is 5.35. The highest BCUT2D eigenvalue weighted by atomic mass is 16.5. The molecule has 1 N–H and O–H groups in total. The van der Waals surface area contributed by atoms with Gasteiger partial charge in [0.25, 0.3) is 0 Å². The van der Waals surface area contributed by atoms with E-state index in [2.05, 4.69) is 18.3 Å². The standard InChI is InChI=1S/C20H30N2O3/c1-15-14-16(9-13-25-15)6-10-21-20(23)22-11-7-17-4-3-5-19(24-2)18(17)8-12-22/h3-5,15-16H,6-14H2,1-2H3,(H,21,23)/t15-,16+/m0/s1. The van der Waals surface area contributed by atoms with E-state index in [1.54, 1.807) is 7.11 Å². The van der Waals surface area contributed by atoms with Gasteiger partial charge in [0.2, 0.25) is 0 Å². The van der Waals surface area contributed by atoms with E-state index in [4.69, 9.17) is 9.47 Å². The molecule has 1 aromatic rings. The fourth-order valence-corrected chi connectivity index (χ4v) is 3.99. The Hall–Kier alpha value is -1.75. The number of amides is 2. The summed E-state index contributed by atoms with van der Waals surface area (Å²) in [7, 11) is 1.71. The van der Waals surface area contributed by atoms with Gasteiger partial charge in [-0.05, 0) is 62.1 Å². The maximum Gasteiger partial charge on any atom is 0.317 e. The Morgan fingerprint density at radius 2 is 2.20 bits per heavy atom. The molecule has 25 heavy (non-hydrogen) atoms. The molecule has 0 aliphatic carbocycles. The molecule has 1 fully saturated rings. The minimum Gasteiger partial charge on any atom is -0.496 e. The largest absolute Gasteiger partial charge is 0.496 e. The average molecular weight is 346 g/mol. The summed E-state index contributed by atoms with van der Waals surface area (Å²) in [6.45, 7) is 5.25. The number of hydrogen-bond acceptors (Lipinski definition) is 3. The second-order valence-corrected chi connectivity index (χ2v) is 7.18. The summed E-state index contributed by atoms with van der Waals surface area (Å²) >= 11 is 0. The molecule has 2 aliphatic heterocycles. The van der Waals surface area contributed by atoms with Gasteiger partial charge in [-0.3, -0.25) is 0 Å². The van der Waals surface area contributed by atoms with Crippen LogP contribution in [0.15, 0.2) is 18.2 Å². The lowest BCUT2D eigenvalue weighted by Crippen LogP contribution is -2.42. The first-order chi connectivity index (χ1) is 12.2. The molecule has 0 spiro atoms. The van der Waals surface area contributed by atoms with Crippen LogP contribution in [0.5, 0.6) is 5.75 Å². The van der Waals surface area contributed by atoms with Crippen LogP contribution in [0, 0.1) is 5.92 Å². The van der Waals surface area contributed by atoms with E-state index in [-0.39, 0.29) is 6.03 Å². The molecule has 0 radical (unpaired) electrons. The van der Waals surface area contributed by atoms with Crippen molar-refractivity contribution in [2.75, 3.05) is 33.4 Å². The van der Waals surface area contributed by atoms with Crippen LogP contribution >= 0.6 is 0 Å². The molecule has 0 saturated carbocycles. The normalized spacial score (nSPS) is 23.5. The van der Waals surface area contributed by atoms with Crippen molar-refractivity contribution >= 4 is 6.03 Å². The molecular weight excluding hydrogens is 316 g/mol. The predicted octanol–water partition coefficient (Wildman–Crippen LogP) is 3.01. The molecule has 1 saturated heterocycles. The van der Waals surface area contributed by atoms with Gasteiger partial charge in [0.15, 0.2) is 0 Å². The number of carbonyl (C=O) groups excluding carboxylic acids is 1. The highest BCUT2D eigenvalue weighted by Crippen LogP contribution is 2.26. The minimum atomic E-state index is 0.0619. The molecule has 5 nitrogen and oxygen atoms in total. The zero-order valence-electron chi connectivity index (χ0n) is 15.4. The van der Waals surface area contributed by atoms with Gasteiger partial charge in [-0.2, -0.15) is 0 Å². The van der Waals surface area contributed by atoms with Crippen molar-refractivity contribution in [3.63, 3.8) is 0 Å². The van der Waals surface area contributed by atoms with Crippen LogP contribution in [0.1, 0.15) is 37.3 Å². The molecule has 0 unspecified atom stereocenters. The lowest BCUT2D eigenvalue weighted by Gasteiger charge is -2.27. The van der Waals surface area contributed by atoms with Crippen LogP contribution in [0.25, 0.3) is 0 Å². The van der Waals surface area contributed by atoms with E-state index < -0.39 is 0 Å². The van der Waals surface area contributed by atoms with Crippen molar-refractivity contribution < 1.29 is 14.3 Å². The first-order valence-corrected chi connectivity index (χ1v) is 9.46. The zero-order valence-corrected chi connectivity index (χ0v) is 15.4. The van der Waals surface area contributed by atoms with Gasteiger partial charge in [-0.15, -0.1) is 0 Å². The lowest BCUT2D eigenvalue weighted by molar-refractivity contribution is 0.00112. The molecule has 0 bridgehead atoms. The Morgan fingerprint density at radius 1 is 1.36 bits per heavy atom. The van der Waals surface area contributed by atoms with E-state index >= 15 is 0 Å². The van der Waals surface area contributed by atoms with Gasteiger partial charge in [0, 0.05) is 26.2 Å². The maximum atomic E-state index is 12.5. The quantitative estimate of drug-likeness (QED) is 0.912. The summed E-state index contributed by atoms with van der Waals surface area (Å²) in [5.41, 5.74) is 2.54. The Morgan fingerprint density at radius 3 is 3.00 bits per heavy atom. The molecule has 2 amide bonds. The van der Waals surface area contributed by atoms with E-state index in [1.165, 1.54) is 11.1 Å². The van der Waals surface area contributed by atoms with Crippen molar-refractivity contribution in [1.82, 2.24) is 10.2 Å². The van der Waals surface area contributed by atoms with Crippen LogP contribution in [-0.4, -0.2) is 50.4 Å². The third-order valence-electron chi connectivity index (χ3n) is 5.44. The van der Waals surface area contributed by atoms with E-state index in [1.807, 2.05) is 17.0 Å². The number of methoxy groups -OCH3 is 1. The van der Waals surface area contributed by atoms with Crippen LogP contribution < -0.4 is 10.1 Å². The topological polar surface area (TPSA) is 50.8 Å². The molecular formula is C20H30N2O3. The number of fused-ring (bicyclic) bond motifs is 1. The average Bonchev–Trinajstić information content (AvgIpc) is 2.84. The van der Waals surface area contributed by atoms with Crippen LogP contribution in [0.4, 0.5) is 4.79 Å². The van der Waals surface area contributed by atoms with Gasteiger partial charge in [0.05, 0.1) is 13.2 Å². The number of rotatable bonds is 4. The summed E-state index contributed by atoms with van der Waals surface area (Å²) in [4.78, 5) is 14.5. The molecule has 5 heteroatoms. The van der Waals surface area contributed by atoms with Crippen LogP contribution in [0.2, 0.25) is 0 Å². The number of carbonyl (C=O) groups is 1. The van der Waals surface area contributed by atoms with E-state index in [0.717, 1.165) is 64.1 Å². The van der Waals surface area contributed by atoms with E-state index in [9.17, 15) is 4.79 Å². The fraction of sp³-hybridized carbons (Fsp3) is 0.650. The van der Waals surface area contributed by atoms with Crippen LogP contribution in [0.3, 0.4) is 0 Å². The number of urea groups is 1. The minimum absolute atomic E-state index is 0.0619. The summed E-state index contributed by atoms with van der Waals surface area (Å²) in [5, 5.41) is 3.11. The number of nitrogens with one attached hydrogen (secondary N) is 1. The van der Waals surface area contributed by atoms with Crippen molar-refractivity contribution in [1.29, 1.82) is 0 Å². The molecule has 1 aromatic carbocycles. The lowest BCUT2D eigenvalue weighted by atomic mass is 9.93. The number of hydrogen-bond donors (Lipinski definition) is 1. The number of benzene rings is 1. The molecule has 2 aliphatic rings. The van der Waals surface area contributed by atoms with Gasteiger partial charge in [0.1, 0.15) is 5.75 Å². The van der Waals surface area contributed by atoms with Gasteiger partial charge < -0.3 is 19.7 Å². The summed E-state index contributed by atoms with van der Waals surface area (Å²) in [5.74, 6) is 1.61. The van der Waals surface area contributed by atoms with Crippen LogP contribution in [-0.2, 0) is 17.6 Å². The molecule has 0 aromatic heterocycles. The monoisotopic (exact) mass is 346 g/mol. The van der Waals surface area contributed by atoms with E-state index in [0.29, 0.717) is 12.0 Å². The second-order valence-electron chi connectivity index (χ2n) is 7.18. The zero-order chi connectivity index (χ0) is 17.6. The Labute approximate surface area is 150 Å². The van der Waals surface area contributed by atoms with Crippen molar-refractivity contribution in [2.45, 2.75) is 45.1 Å². The molecule has 3 rings (SSSR count). The highest BCUT2D eigenvalue weighted by Gasteiger charge is 2.22. The number of ether oxygens (including phenoxy) is 2. The van der Waals surface area contributed by atoms with Crippen molar-refractivity contribution in [3.05, 3.63) is 29.3 Å². The first kappa shape index (κ1) is 18.1. The molecule has 2 atom stereocenters. The SMILES string of the molecule is COc1cccc2c1CCN(C(=O)NCC[C@@H]1CCO[C@@H](C)C1)CC2. The third kappa shape index (κ3) is 4.66. The number of nitrogens with zero attached hydrogens (tertiary/aromatic N) is 1. The van der Waals surface area contributed by atoms with Gasteiger partial charge in [-0.1, -0.05) is 12.1 Å². The van der Waals surface area contributed by atoms with Crippen molar-refractivity contribution in [3.8, 4) is 5.75 Å². The Kier molecular flexibility index (Phi) is 6.19. The summed E-state index contributed by atoms with van der Waals surface area (Å²) in [6, 6.07) is 6.24.